The second-order valence-corrected chi connectivity index (χ2v) is 4.81. The van der Waals surface area contributed by atoms with Gasteiger partial charge >= 0.3 is 0 Å². The van der Waals surface area contributed by atoms with Crippen molar-refractivity contribution in [2.75, 3.05) is 10.6 Å². The highest BCUT2D eigenvalue weighted by Crippen LogP contribution is 2.14. The van der Waals surface area contributed by atoms with Crippen LogP contribution in [0.3, 0.4) is 0 Å². The first-order chi connectivity index (χ1) is 11.1. The van der Waals surface area contributed by atoms with Crippen molar-refractivity contribution < 1.29 is 14.0 Å². The van der Waals surface area contributed by atoms with Gasteiger partial charge in [0, 0.05) is 11.4 Å². The summed E-state index contributed by atoms with van der Waals surface area (Å²) in [6.07, 6.45) is -0.0723. The molecule has 0 aliphatic carbocycles. The van der Waals surface area contributed by atoms with Crippen LogP contribution in [0.15, 0.2) is 48.5 Å². The normalized spacial score (nSPS) is 9.74. The van der Waals surface area contributed by atoms with Gasteiger partial charge in [0.2, 0.25) is 11.8 Å². The van der Waals surface area contributed by atoms with Gasteiger partial charge in [0.1, 0.15) is 12.2 Å². The molecule has 5 nitrogen and oxygen atoms in total. The lowest BCUT2D eigenvalue weighted by Crippen LogP contribution is -2.14. The van der Waals surface area contributed by atoms with E-state index in [0.29, 0.717) is 16.9 Å². The van der Waals surface area contributed by atoms with Crippen molar-refractivity contribution in [3.05, 3.63) is 59.9 Å². The van der Waals surface area contributed by atoms with Crippen molar-refractivity contribution in [3.63, 3.8) is 0 Å². The summed E-state index contributed by atoms with van der Waals surface area (Å²) < 4.78 is 12.8. The molecule has 0 saturated heterocycles. The van der Waals surface area contributed by atoms with Crippen molar-refractivity contribution in [1.29, 1.82) is 5.26 Å². The molecule has 0 unspecified atom stereocenters. The molecule has 116 valence electrons. The van der Waals surface area contributed by atoms with Gasteiger partial charge in [-0.05, 0) is 42.0 Å². The zero-order valence-corrected chi connectivity index (χ0v) is 12.2. The highest BCUT2D eigenvalue weighted by atomic mass is 19.1. The van der Waals surface area contributed by atoms with E-state index >= 15 is 0 Å². The first-order valence-electron chi connectivity index (χ1n) is 6.88. The van der Waals surface area contributed by atoms with E-state index in [1.807, 2.05) is 0 Å². The monoisotopic (exact) mass is 311 g/mol. The number of hydrogen-bond donors (Lipinski definition) is 2. The van der Waals surface area contributed by atoms with Crippen LogP contribution in [-0.4, -0.2) is 11.8 Å². The Balaban J connectivity index is 1.90. The molecule has 0 atom stereocenters. The molecule has 2 rings (SSSR count). The van der Waals surface area contributed by atoms with Crippen LogP contribution in [0.25, 0.3) is 0 Å². The molecule has 0 fully saturated rings. The standard InChI is InChI=1S/C17H14FN3O2/c18-13-3-1-12(2-4-13)11-17(23)21-15-7-5-14(6-8-15)20-16(22)9-10-19/h1-8H,9,11H2,(H,20,22)(H,21,23). The number of carbonyl (C=O) groups excluding carboxylic acids is 2. The average molecular weight is 311 g/mol. The Kier molecular flexibility index (Phi) is 5.42. The average Bonchev–Trinajstić information content (AvgIpc) is 2.52. The van der Waals surface area contributed by atoms with Crippen LogP contribution in [-0.2, 0) is 16.0 Å². The third kappa shape index (κ3) is 5.25. The van der Waals surface area contributed by atoms with Crippen LogP contribution < -0.4 is 10.6 Å². The molecule has 2 aromatic carbocycles. The van der Waals surface area contributed by atoms with Crippen molar-refractivity contribution >= 4 is 23.2 Å². The minimum Gasteiger partial charge on any atom is -0.326 e. The van der Waals surface area contributed by atoms with Crippen LogP contribution >= 0.6 is 0 Å². The highest BCUT2D eigenvalue weighted by Gasteiger charge is 2.05. The number of anilines is 2. The maximum atomic E-state index is 12.8. The first-order valence-corrected chi connectivity index (χ1v) is 6.88. The van der Waals surface area contributed by atoms with E-state index in [2.05, 4.69) is 10.6 Å². The molecular weight excluding hydrogens is 297 g/mol. The molecule has 0 bridgehead atoms. The summed E-state index contributed by atoms with van der Waals surface area (Å²) in [6.45, 7) is 0. The molecule has 0 heterocycles. The Morgan fingerprint density at radius 1 is 0.913 bits per heavy atom. The van der Waals surface area contributed by atoms with E-state index < -0.39 is 0 Å². The molecular formula is C17H14FN3O2. The fourth-order valence-electron chi connectivity index (χ4n) is 1.91. The van der Waals surface area contributed by atoms with Gasteiger partial charge in [0.05, 0.1) is 12.5 Å². The number of halogens is 1. The van der Waals surface area contributed by atoms with E-state index in [-0.39, 0.29) is 30.5 Å². The van der Waals surface area contributed by atoms with Gasteiger partial charge in [-0.25, -0.2) is 4.39 Å². The SMILES string of the molecule is N#CCC(=O)Nc1ccc(NC(=O)Cc2ccc(F)cc2)cc1. The van der Waals surface area contributed by atoms with E-state index in [1.54, 1.807) is 42.5 Å². The Bertz CT molecular complexity index is 734. The van der Waals surface area contributed by atoms with E-state index in [4.69, 9.17) is 5.26 Å². The Morgan fingerprint density at radius 2 is 1.43 bits per heavy atom. The van der Waals surface area contributed by atoms with Crippen LogP contribution in [0.5, 0.6) is 0 Å². The minimum atomic E-state index is -0.388. The van der Waals surface area contributed by atoms with Gasteiger partial charge in [0.15, 0.2) is 0 Å². The largest absolute Gasteiger partial charge is 0.326 e. The van der Waals surface area contributed by atoms with Gasteiger partial charge in [-0.15, -0.1) is 0 Å². The van der Waals surface area contributed by atoms with Crippen LogP contribution in [0.4, 0.5) is 15.8 Å². The van der Waals surface area contributed by atoms with Gasteiger partial charge in [-0.3, -0.25) is 9.59 Å². The van der Waals surface area contributed by atoms with Crippen LogP contribution in [0, 0.1) is 17.1 Å². The zero-order chi connectivity index (χ0) is 16.7. The summed E-state index contributed by atoms with van der Waals surface area (Å²) in [5.41, 5.74) is 1.83. The number of amides is 2. The summed E-state index contributed by atoms with van der Waals surface area (Å²) in [6, 6.07) is 14.0. The van der Waals surface area contributed by atoms with Crippen molar-refractivity contribution in [1.82, 2.24) is 0 Å². The smallest absolute Gasteiger partial charge is 0.238 e. The lowest BCUT2D eigenvalue weighted by Gasteiger charge is -2.07. The minimum absolute atomic E-state index is 0.140. The molecule has 2 aromatic rings. The summed E-state index contributed by atoms with van der Waals surface area (Å²) in [5.74, 6) is -0.957. The second-order valence-electron chi connectivity index (χ2n) is 4.81. The summed E-state index contributed by atoms with van der Waals surface area (Å²) >= 11 is 0. The Hall–Kier alpha value is -3.20. The van der Waals surface area contributed by atoms with Crippen LogP contribution in [0.2, 0.25) is 0 Å². The maximum absolute atomic E-state index is 12.8. The van der Waals surface area contributed by atoms with E-state index in [1.165, 1.54) is 12.1 Å². The topological polar surface area (TPSA) is 82.0 Å². The molecule has 0 aromatic heterocycles. The number of nitrogens with zero attached hydrogens (tertiary/aromatic N) is 1. The zero-order valence-electron chi connectivity index (χ0n) is 12.2. The van der Waals surface area contributed by atoms with Crippen molar-refractivity contribution in [2.45, 2.75) is 12.8 Å². The quantitative estimate of drug-likeness (QED) is 0.890. The fourth-order valence-corrected chi connectivity index (χ4v) is 1.91. The summed E-state index contributed by atoms with van der Waals surface area (Å²) in [7, 11) is 0. The molecule has 0 aliphatic rings. The second kappa shape index (κ2) is 7.71. The number of carbonyl (C=O) groups is 2. The molecule has 2 N–H and O–H groups in total. The number of nitrogens with one attached hydrogen (secondary N) is 2. The van der Waals surface area contributed by atoms with E-state index in [0.717, 1.165) is 0 Å². The van der Waals surface area contributed by atoms with Crippen LogP contribution in [0.1, 0.15) is 12.0 Å². The molecule has 0 saturated carbocycles. The third-order valence-electron chi connectivity index (χ3n) is 2.97. The van der Waals surface area contributed by atoms with Gasteiger partial charge in [-0.1, -0.05) is 12.1 Å². The highest BCUT2D eigenvalue weighted by molar-refractivity contribution is 5.94. The van der Waals surface area contributed by atoms with Gasteiger partial charge in [0.25, 0.3) is 0 Å². The summed E-state index contributed by atoms with van der Waals surface area (Å²) in [4.78, 5) is 23.2. The maximum Gasteiger partial charge on any atom is 0.238 e. The molecule has 0 aliphatic heterocycles. The molecule has 2 amide bonds. The number of hydrogen-bond acceptors (Lipinski definition) is 3. The summed E-state index contributed by atoms with van der Waals surface area (Å²) in [5, 5.41) is 13.7. The fraction of sp³-hybridized carbons (Fsp3) is 0.118. The molecule has 0 spiro atoms. The Morgan fingerprint density at radius 3 is 1.96 bits per heavy atom. The van der Waals surface area contributed by atoms with Crippen molar-refractivity contribution in [2.24, 2.45) is 0 Å². The first kappa shape index (κ1) is 16.2. The lowest BCUT2D eigenvalue weighted by molar-refractivity contribution is -0.116. The number of benzene rings is 2. The van der Waals surface area contributed by atoms with Gasteiger partial charge in [-0.2, -0.15) is 5.26 Å². The lowest BCUT2D eigenvalue weighted by atomic mass is 10.1. The predicted octanol–water partition coefficient (Wildman–Crippen LogP) is 2.86. The molecule has 23 heavy (non-hydrogen) atoms. The van der Waals surface area contributed by atoms with Gasteiger partial charge < -0.3 is 10.6 Å². The number of nitriles is 1. The van der Waals surface area contributed by atoms with Crippen molar-refractivity contribution in [3.8, 4) is 6.07 Å². The Labute approximate surface area is 132 Å². The predicted molar refractivity (Wildman–Crippen MR) is 84.0 cm³/mol. The molecule has 0 radical (unpaired) electrons. The third-order valence-corrected chi connectivity index (χ3v) is 2.97. The van der Waals surface area contributed by atoms with E-state index in [9.17, 15) is 14.0 Å². The number of rotatable bonds is 5. The molecule has 6 heteroatoms.